The van der Waals surface area contributed by atoms with Gasteiger partial charge in [-0.05, 0) is 31.9 Å². The Labute approximate surface area is 136 Å². The van der Waals surface area contributed by atoms with Crippen LogP contribution in [0.5, 0.6) is 0 Å². The van der Waals surface area contributed by atoms with Gasteiger partial charge in [-0.2, -0.15) is 5.10 Å². The average Bonchev–Trinajstić information content (AvgIpc) is 2.92. The van der Waals surface area contributed by atoms with Gasteiger partial charge in [-0.3, -0.25) is 5.10 Å². The molecule has 6 heteroatoms. The number of nitrogens with zero attached hydrogens (tertiary/aromatic N) is 1. The number of aromatic nitrogens is 2. The van der Waals surface area contributed by atoms with E-state index in [4.69, 9.17) is 0 Å². The van der Waals surface area contributed by atoms with Gasteiger partial charge in [-0.25, -0.2) is 4.79 Å². The lowest BCUT2D eigenvalue weighted by Gasteiger charge is -2.20. The summed E-state index contributed by atoms with van der Waals surface area (Å²) in [5.41, 5.74) is 2.90. The number of aliphatic hydroxyl groups excluding tert-OH is 1. The van der Waals surface area contributed by atoms with Crippen LogP contribution in [0.2, 0.25) is 0 Å². The maximum absolute atomic E-state index is 12.2. The second-order valence-electron chi connectivity index (χ2n) is 5.74. The van der Waals surface area contributed by atoms with Crippen molar-refractivity contribution in [2.45, 2.75) is 38.8 Å². The van der Waals surface area contributed by atoms with Crippen molar-refractivity contribution in [2.24, 2.45) is 0 Å². The van der Waals surface area contributed by atoms with Gasteiger partial charge in [-0.15, -0.1) is 0 Å². The summed E-state index contributed by atoms with van der Waals surface area (Å²) in [7, 11) is 0. The Morgan fingerprint density at radius 2 is 2.04 bits per heavy atom. The maximum Gasteiger partial charge on any atom is 0.315 e. The fraction of sp³-hybridized carbons (Fsp3) is 0.412. The van der Waals surface area contributed by atoms with Crippen LogP contribution in [0.3, 0.4) is 0 Å². The molecule has 124 valence electrons. The quantitative estimate of drug-likeness (QED) is 0.630. The van der Waals surface area contributed by atoms with Gasteiger partial charge in [0.2, 0.25) is 0 Å². The Kier molecular flexibility index (Phi) is 6.17. The summed E-state index contributed by atoms with van der Waals surface area (Å²) in [6.07, 6.45) is 1.14. The van der Waals surface area contributed by atoms with E-state index in [1.807, 2.05) is 50.2 Å². The third kappa shape index (κ3) is 5.41. The van der Waals surface area contributed by atoms with Crippen LogP contribution >= 0.6 is 0 Å². The number of aromatic amines is 1. The molecule has 2 rings (SSSR count). The van der Waals surface area contributed by atoms with E-state index in [9.17, 15) is 9.90 Å². The highest BCUT2D eigenvalue weighted by molar-refractivity contribution is 5.74. The fourth-order valence-electron chi connectivity index (χ4n) is 2.50. The lowest BCUT2D eigenvalue weighted by atomic mass is 10.0. The van der Waals surface area contributed by atoms with Crippen LogP contribution in [0.4, 0.5) is 4.79 Å². The van der Waals surface area contributed by atoms with Gasteiger partial charge in [0.05, 0.1) is 11.7 Å². The molecule has 0 spiro atoms. The van der Waals surface area contributed by atoms with Gasteiger partial charge >= 0.3 is 6.03 Å². The van der Waals surface area contributed by atoms with Crippen molar-refractivity contribution in [3.63, 3.8) is 0 Å². The monoisotopic (exact) mass is 316 g/mol. The Balaban J connectivity index is 1.88. The van der Waals surface area contributed by atoms with Crippen molar-refractivity contribution < 1.29 is 9.90 Å². The minimum atomic E-state index is -0.243. The normalized spacial score (nSPS) is 13.3. The van der Waals surface area contributed by atoms with E-state index < -0.39 is 0 Å². The van der Waals surface area contributed by atoms with Crippen molar-refractivity contribution in [3.05, 3.63) is 53.3 Å². The molecular formula is C17H24N4O2. The average molecular weight is 316 g/mol. The number of rotatable bonds is 7. The number of urea groups is 1. The van der Waals surface area contributed by atoms with Gasteiger partial charge in [0, 0.05) is 24.8 Å². The van der Waals surface area contributed by atoms with E-state index in [-0.39, 0.29) is 24.7 Å². The third-order valence-corrected chi connectivity index (χ3v) is 3.58. The number of aliphatic hydroxyl groups is 1. The molecule has 0 aliphatic carbocycles. The molecule has 4 N–H and O–H groups in total. The Hall–Kier alpha value is -2.34. The van der Waals surface area contributed by atoms with Crippen LogP contribution in [-0.4, -0.2) is 34.0 Å². The topological polar surface area (TPSA) is 90.0 Å². The third-order valence-electron chi connectivity index (χ3n) is 3.58. The lowest BCUT2D eigenvalue weighted by Crippen LogP contribution is -2.43. The van der Waals surface area contributed by atoms with Crippen molar-refractivity contribution in [2.75, 3.05) is 6.61 Å². The fourth-order valence-corrected chi connectivity index (χ4v) is 2.50. The molecule has 2 amide bonds. The predicted octanol–water partition coefficient (Wildman–Crippen LogP) is 2.07. The highest BCUT2D eigenvalue weighted by atomic mass is 16.3. The summed E-state index contributed by atoms with van der Waals surface area (Å²) < 4.78 is 0. The van der Waals surface area contributed by atoms with Crippen molar-refractivity contribution in [3.8, 4) is 0 Å². The van der Waals surface area contributed by atoms with Crippen LogP contribution < -0.4 is 10.6 Å². The van der Waals surface area contributed by atoms with Crippen LogP contribution in [-0.2, 0) is 6.42 Å². The Morgan fingerprint density at radius 3 is 2.65 bits per heavy atom. The lowest BCUT2D eigenvalue weighted by molar-refractivity contribution is 0.226. The molecule has 1 aromatic heterocycles. The largest absolute Gasteiger partial charge is 0.396 e. The first kappa shape index (κ1) is 17.0. The SMILES string of the molecule is Cc1cc(CC(C)NC(=O)N[C@H](CCO)c2ccccc2)n[nH]1. The molecule has 1 unspecified atom stereocenters. The maximum atomic E-state index is 12.2. The van der Waals surface area contributed by atoms with Gasteiger partial charge in [-0.1, -0.05) is 30.3 Å². The smallest absolute Gasteiger partial charge is 0.315 e. The number of amides is 2. The number of hydrogen-bond acceptors (Lipinski definition) is 3. The number of H-pyrrole nitrogens is 1. The standard InChI is InChI=1S/C17H24N4O2/c1-12(10-15-11-13(2)20-21-15)18-17(23)19-16(8-9-22)14-6-4-3-5-7-14/h3-7,11-12,16,22H,8-10H2,1-2H3,(H,20,21)(H2,18,19,23)/t12?,16-/m1/s1. The molecule has 0 fully saturated rings. The van der Waals surface area contributed by atoms with Crippen LogP contribution in [0, 0.1) is 6.92 Å². The summed E-state index contributed by atoms with van der Waals surface area (Å²) >= 11 is 0. The van der Waals surface area contributed by atoms with E-state index in [1.54, 1.807) is 0 Å². The highest BCUT2D eigenvalue weighted by Gasteiger charge is 2.16. The van der Waals surface area contributed by atoms with Crippen molar-refractivity contribution >= 4 is 6.03 Å². The van der Waals surface area contributed by atoms with Gasteiger partial charge in [0.25, 0.3) is 0 Å². The first-order chi connectivity index (χ1) is 11.1. The summed E-state index contributed by atoms with van der Waals surface area (Å²) in [5, 5.41) is 22.1. The zero-order valence-electron chi connectivity index (χ0n) is 13.5. The van der Waals surface area contributed by atoms with Crippen molar-refractivity contribution in [1.29, 1.82) is 0 Å². The van der Waals surface area contributed by atoms with Gasteiger partial charge in [0.15, 0.2) is 0 Å². The molecule has 1 aromatic carbocycles. The number of nitrogens with one attached hydrogen (secondary N) is 3. The molecular weight excluding hydrogens is 292 g/mol. The molecule has 0 saturated carbocycles. The summed E-state index contributed by atoms with van der Waals surface area (Å²) in [4.78, 5) is 12.2. The van der Waals surface area contributed by atoms with Gasteiger partial charge < -0.3 is 15.7 Å². The van der Waals surface area contributed by atoms with Crippen molar-refractivity contribution in [1.82, 2.24) is 20.8 Å². The second-order valence-corrected chi connectivity index (χ2v) is 5.74. The zero-order chi connectivity index (χ0) is 16.7. The van der Waals surface area contributed by atoms with E-state index in [0.717, 1.165) is 17.0 Å². The van der Waals surface area contributed by atoms with E-state index in [2.05, 4.69) is 20.8 Å². The predicted molar refractivity (Wildman–Crippen MR) is 89.0 cm³/mol. The Bertz CT molecular complexity index is 612. The number of hydrogen-bond donors (Lipinski definition) is 4. The molecule has 0 radical (unpaired) electrons. The first-order valence-corrected chi connectivity index (χ1v) is 7.82. The summed E-state index contributed by atoms with van der Waals surface area (Å²) in [5.74, 6) is 0. The summed E-state index contributed by atoms with van der Waals surface area (Å²) in [6, 6.07) is 11.1. The molecule has 23 heavy (non-hydrogen) atoms. The summed E-state index contributed by atoms with van der Waals surface area (Å²) in [6.45, 7) is 3.90. The zero-order valence-corrected chi connectivity index (χ0v) is 13.5. The van der Waals surface area contributed by atoms with Crippen LogP contribution in [0.1, 0.15) is 36.3 Å². The molecule has 0 aliphatic rings. The number of carbonyl (C=O) groups is 1. The molecule has 0 aliphatic heterocycles. The molecule has 6 nitrogen and oxygen atoms in total. The minimum Gasteiger partial charge on any atom is -0.396 e. The Morgan fingerprint density at radius 1 is 1.30 bits per heavy atom. The molecule has 2 atom stereocenters. The first-order valence-electron chi connectivity index (χ1n) is 7.82. The van der Waals surface area contributed by atoms with E-state index >= 15 is 0 Å². The van der Waals surface area contributed by atoms with E-state index in [1.165, 1.54) is 0 Å². The number of aryl methyl sites for hydroxylation is 1. The number of benzene rings is 1. The minimum absolute atomic E-state index is 0.0158. The second kappa shape index (κ2) is 8.33. The number of carbonyl (C=O) groups excluding carboxylic acids is 1. The molecule has 0 bridgehead atoms. The highest BCUT2D eigenvalue weighted by Crippen LogP contribution is 2.15. The molecule has 0 saturated heterocycles. The van der Waals surface area contributed by atoms with Gasteiger partial charge in [0.1, 0.15) is 0 Å². The van der Waals surface area contributed by atoms with E-state index in [0.29, 0.717) is 12.8 Å². The van der Waals surface area contributed by atoms with Crippen LogP contribution in [0.25, 0.3) is 0 Å². The molecule has 2 aromatic rings. The van der Waals surface area contributed by atoms with Crippen LogP contribution in [0.15, 0.2) is 36.4 Å². The molecule has 1 heterocycles.